The number of aryl methyl sites for hydroxylation is 3. The fourth-order valence-electron chi connectivity index (χ4n) is 2.92. The van der Waals surface area contributed by atoms with E-state index in [1.807, 2.05) is 13.8 Å². The lowest BCUT2D eigenvalue weighted by Gasteiger charge is -2.09. The molecule has 2 heterocycles. The summed E-state index contributed by atoms with van der Waals surface area (Å²) in [6, 6.07) is 4.90. The van der Waals surface area contributed by atoms with Gasteiger partial charge in [0, 0.05) is 29.2 Å². The first kappa shape index (κ1) is 24.0. The van der Waals surface area contributed by atoms with E-state index in [2.05, 4.69) is 20.8 Å². The van der Waals surface area contributed by atoms with Gasteiger partial charge in [-0.25, -0.2) is 4.98 Å². The summed E-state index contributed by atoms with van der Waals surface area (Å²) in [5.41, 5.74) is 5.44. The Balaban J connectivity index is 1.38. The van der Waals surface area contributed by atoms with Crippen molar-refractivity contribution in [3.63, 3.8) is 0 Å². The number of halogens is 2. The highest BCUT2D eigenvalue weighted by Gasteiger charge is 2.13. The second-order valence-corrected chi connectivity index (χ2v) is 9.15. The van der Waals surface area contributed by atoms with Gasteiger partial charge >= 0.3 is 0 Å². The Hall–Kier alpha value is -2.62. The Kier molecular flexibility index (Phi) is 8.11. The van der Waals surface area contributed by atoms with Crippen LogP contribution >= 0.6 is 34.5 Å². The van der Waals surface area contributed by atoms with E-state index >= 15 is 0 Å². The number of aromatic nitrogens is 2. The summed E-state index contributed by atoms with van der Waals surface area (Å²) in [7, 11) is 0. The van der Waals surface area contributed by atoms with Crippen LogP contribution < -0.4 is 21.1 Å². The van der Waals surface area contributed by atoms with E-state index in [0.717, 1.165) is 10.4 Å². The molecule has 170 valence electrons. The molecule has 3 rings (SSSR count). The molecule has 0 aliphatic rings. The van der Waals surface area contributed by atoms with Gasteiger partial charge in [0.2, 0.25) is 11.8 Å². The number of nitrogens with zero attached hydrogens (tertiary/aromatic N) is 1. The van der Waals surface area contributed by atoms with Gasteiger partial charge in [0.25, 0.3) is 5.56 Å². The van der Waals surface area contributed by atoms with Crippen LogP contribution in [-0.2, 0) is 16.0 Å². The minimum absolute atomic E-state index is 0.0657. The number of ether oxygens (including phenoxy) is 1. The van der Waals surface area contributed by atoms with Crippen molar-refractivity contribution in [3.8, 4) is 5.75 Å². The van der Waals surface area contributed by atoms with Gasteiger partial charge in [-0.1, -0.05) is 23.2 Å². The van der Waals surface area contributed by atoms with Crippen molar-refractivity contribution in [1.82, 2.24) is 20.8 Å². The highest BCUT2D eigenvalue weighted by molar-refractivity contribution is 7.18. The van der Waals surface area contributed by atoms with Gasteiger partial charge in [-0.3, -0.25) is 25.2 Å². The van der Waals surface area contributed by atoms with E-state index in [-0.39, 0.29) is 43.2 Å². The number of carbonyl (C=O) groups excluding carboxylic acids is 2. The molecule has 3 aromatic rings. The minimum Gasteiger partial charge on any atom is -0.492 e. The lowest BCUT2D eigenvalue weighted by Crippen LogP contribution is -2.41. The number of rotatable bonds is 8. The second kappa shape index (κ2) is 10.8. The van der Waals surface area contributed by atoms with Crippen molar-refractivity contribution in [2.75, 3.05) is 6.61 Å². The normalized spacial score (nSPS) is 10.9. The standard InChI is InChI=1S/C21H22Cl2N4O4S/c1-11-12(2)32-21-19(11)20(30)24-16(25-21)7-8-18(29)27-26-17(28)4-3-9-31-15-6-5-13(22)10-14(15)23/h5-6,10H,3-4,7-9H2,1-2H3,(H,26,28)(H,27,29)(H,24,25,30). The third kappa shape index (κ3) is 6.21. The highest BCUT2D eigenvalue weighted by Crippen LogP contribution is 2.27. The molecular formula is C21H22Cl2N4O4S. The van der Waals surface area contributed by atoms with Gasteiger partial charge in [-0.2, -0.15) is 0 Å². The van der Waals surface area contributed by atoms with Crippen molar-refractivity contribution < 1.29 is 14.3 Å². The number of amides is 2. The Morgan fingerprint density at radius 2 is 1.88 bits per heavy atom. The zero-order valence-corrected chi connectivity index (χ0v) is 19.8. The molecule has 2 aromatic heterocycles. The number of thiophene rings is 1. The van der Waals surface area contributed by atoms with Crippen LogP contribution in [-0.4, -0.2) is 28.4 Å². The molecular weight excluding hydrogens is 475 g/mol. The third-order valence-electron chi connectivity index (χ3n) is 4.72. The van der Waals surface area contributed by atoms with Crippen molar-refractivity contribution in [1.29, 1.82) is 0 Å². The number of carbonyl (C=O) groups is 2. The quantitative estimate of drug-likeness (QED) is 0.323. The van der Waals surface area contributed by atoms with E-state index in [4.69, 9.17) is 27.9 Å². The summed E-state index contributed by atoms with van der Waals surface area (Å²) >= 11 is 13.3. The summed E-state index contributed by atoms with van der Waals surface area (Å²) < 4.78 is 5.51. The third-order valence-corrected chi connectivity index (χ3v) is 6.35. The summed E-state index contributed by atoms with van der Waals surface area (Å²) in [4.78, 5) is 45.0. The summed E-state index contributed by atoms with van der Waals surface area (Å²) in [6.45, 7) is 4.11. The molecule has 0 saturated heterocycles. The number of hydrogen-bond donors (Lipinski definition) is 3. The largest absolute Gasteiger partial charge is 0.492 e. The summed E-state index contributed by atoms with van der Waals surface area (Å²) in [5.74, 6) is 0.191. The highest BCUT2D eigenvalue weighted by atomic mass is 35.5. The first-order valence-electron chi connectivity index (χ1n) is 9.89. The van der Waals surface area contributed by atoms with Crippen LogP contribution in [0.1, 0.15) is 35.5 Å². The van der Waals surface area contributed by atoms with Crippen molar-refractivity contribution >= 4 is 56.6 Å². The minimum atomic E-state index is -0.385. The lowest BCUT2D eigenvalue weighted by atomic mass is 10.2. The molecule has 0 unspecified atom stereocenters. The first-order chi connectivity index (χ1) is 15.2. The molecule has 0 spiro atoms. The molecule has 1 aromatic carbocycles. The number of hydrazine groups is 1. The molecule has 0 radical (unpaired) electrons. The molecule has 0 saturated carbocycles. The van der Waals surface area contributed by atoms with Crippen molar-refractivity contribution in [3.05, 3.63) is 54.9 Å². The van der Waals surface area contributed by atoms with Crippen LogP contribution in [0.25, 0.3) is 10.2 Å². The van der Waals surface area contributed by atoms with Gasteiger partial charge in [0.1, 0.15) is 16.4 Å². The van der Waals surface area contributed by atoms with Crippen molar-refractivity contribution in [2.24, 2.45) is 0 Å². The van der Waals surface area contributed by atoms with Gasteiger partial charge in [0.05, 0.1) is 17.0 Å². The number of nitrogens with one attached hydrogen (secondary N) is 3. The molecule has 0 aliphatic heterocycles. The zero-order chi connectivity index (χ0) is 23.3. The van der Waals surface area contributed by atoms with Gasteiger partial charge in [-0.05, 0) is 44.0 Å². The molecule has 8 nitrogen and oxygen atoms in total. The summed E-state index contributed by atoms with van der Waals surface area (Å²) in [5, 5.41) is 1.50. The van der Waals surface area contributed by atoms with Crippen LogP contribution in [0.4, 0.5) is 0 Å². The Morgan fingerprint density at radius 3 is 2.59 bits per heavy atom. The van der Waals surface area contributed by atoms with Crippen LogP contribution in [0.15, 0.2) is 23.0 Å². The monoisotopic (exact) mass is 496 g/mol. The fourth-order valence-corrected chi connectivity index (χ4v) is 4.43. The predicted octanol–water partition coefficient (Wildman–Crippen LogP) is 3.85. The molecule has 0 atom stereocenters. The van der Waals surface area contributed by atoms with Crippen LogP contribution in [0.3, 0.4) is 0 Å². The lowest BCUT2D eigenvalue weighted by molar-refractivity contribution is -0.129. The molecule has 11 heteroatoms. The van der Waals surface area contributed by atoms with E-state index < -0.39 is 0 Å². The van der Waals surface area contributed by atoms with E-state index in [9.17, 15) is 14.4 Å². The Bertz CT molecular complexity index is 1210. The number of aromatic amines is 1. The fraction of sp³-hybridized carbons (Fsp3) is 0.333. The van der Waals surface area contributed by atoms with E-state index in [1.165, 1.54) is 11.3 Å². The van der Waals surface area contributed by atoms with Crippen LogP contribution in [0.2, 0.25) is 10.0 Å². The number of fused-ring (bicyclic) bond motifs is 1. The van der Waals surface area contributed by atoms with Gasteiger partial charge < -0.3 is 9.72 Å². The maximum atomic E-state index is 12.3. The second-order valence-electron chi connectivity index (χ2n) is 7.10. The van der Waals surface area contributed by atoms with Crippen LogP contribution in [0, 0.1) is 13.8 Å². The number of H-pyrrole nitrogens is 1. The molecule has 3 N–H and O–H groups in total. The predicted molar refractivity (Wildman–Crippen MR) is 126 cm³/mol. The number of hydrogen-bond acceptors (Lipinski definition) is 6. The average molecular weight is 497 g/mol. The Labute approximate surface area is 198 Å². The van der Waals surface area contributed by atoms with E-state index in [0.29, 0.717) is 38.3 Å². The maximum Gasteiger partial charge on any atom is 0.259 e. The van der Waals surface area contributed by atoms with Gasteiger partial charge in [-0.15, -0.1) is 11.3 Å². The number of benzene rings is 1. The maximum absolute atomic E-state index is 12.3. The molecule has 0 fully saturated rings. The topological polar surface area (TPSA) is 113 Å². The van der Waals surface area contributed by atoms with Crippen LogP contribution in [0.5, 0.6) is 5.75 Å². The van der Waals surface area contributed by atoms with Crippen molar-refractivity contribution in [2.45, 2.75) is 39.5 Å². The summed E-state index contributed by atoms with van der Waals surface area (Å²) in [6.07, 6.45) is 0.911. The molecule has 32 heavy (non-hydrogen) atoms. The molecule has 0 bridgehead atoms. The zero-order valence-electron chi connectivity index (χ0n) is 17.5. The van der Waals surface area contributed by atoms with Gasteiger partial charge in [0.15, 0.2) is 0 Å². The smallest absolute Gasteiger partial charge is 0.259 e. The SMILES string of the molecule is Cc1sc2nc(CCC(=O)NNC(=O)CCCOc3ccc(Cl)cc3Cl)[nH]c(=O)c2c1C. The molecule has 2 amide bonds. The van der Waals surface area contributed by atoms with E-state index in [1.54, 1.807) is 18.2 Å². The first-order valence-corrected chi connectivity index (χ1v) is 11.5. The molecule has 0 aliphatic carbocycles. The average Bonchev–Trinajstić information content (AvgIpc) is 3.03. The Morgan fingerprint density at radius 1 is 1.16 bits per heavy atom.